The number of piperazine rings is 1. The monoisotopic (exact) mass is 521 g/mol. The zero-order valence-corrected chi connectivity index (χ0v) is 20.9. The fraction of sp³-hybridized carbons (Fsp3) is 0.259. The highest BCUT2D eigenvalue weighted by Crippen LogP contribution is 2.30. The lowest BCUT2D eigenvalue weighted by Gasteiger charge is -2.33. The molecule has 0 aliphatic carbocycles. The number of rotatable bonds is 5. The van der Waals surface area contributed by atoms with Crippen molar-refractivity contribution in [3.05, 3.63) is 84.1 Å². The van der Waals surface area contributed by atoms with Crippen LogP contribution in [0.2, 0.25) is 0 Å². The third-order valence-corrected chi connectivity index (χ3v) is 6.56. The maximum absolute atomic E-state index is 13.0. The first kappa shape index (κ1) is 25.4. The molecule has 11 heteroatoms. The van der Waals surface area contributed by atoms with E-state index in [0.29, 0.717) is 5.69 Å². The number of likely N-dealkylation sites (N-methyl/N-ethyl adjacent to an activating group) is 1. The number of carbonyl (C=O) groups is 1. The van der Waals surface area contributed by atoms with Gasteiger partial charge in [0.05, 0.1) is 29.3 Å². The lowest BCUT2D eigenvalue weighted by Crippen LogP contribution is -2.44. The van der Waals surface area contributed by atoms with Gasteiger partial charge in [0, 0.05) is 61.5 Å². The van der Waals surface area contributed by atoms with Gasteiger partial charge in [-0.05, 0) is 49.9 Å². The number of hydrogen-bond acceptors (Lipinski definition) is 6. The van der Waals surface area contributed by atoms with Crippen LogP contribution >= 0.6 is 0 Å². The second-order valence-electron chi connectivity index (χ2n) is 9.28. The predicted octanol–water partition coefficient (Wildman–Crippen LogP) is 4.66. The van der Waals surface area contributed by atoms with E-state index in [1.54, 1.807) is 35.3 Å². The van der Waals surface area contributed by atoms with Gasteiger partial charge < -0.3 is 15.1 Å². The van der Waals surface area contributed by atoms with Crippen molar-refractivity contribution in [3.63, 3.8) is 0 Å². The number of halogens is 3. The molecule has 0 atom stereocenters. The normalized spacial score (nSPS) is 14.5. The molecule has 1 amide bonds. The number of aryl methyl sites for hydroxylation is 1. The summed E-state index contributed by atoms with van der Waals surface area (Å²) in [4.78, 5) is 25.7. The van der Waals surface area contributed by atoms with Crippen molar-refractivity contribution in [2.24, 2.45) is 0 Å². The molecular formula is C27H26F3N7O. The van der Waals surface area contributed by atoms with Gasteiger partial charge in [-0.2, -0.15) is 18.3 Å². The summed E-state index contributed by atoms with van der Waals surface area (Å²) in [6.45, 7) is 5.75. The summed E-state index contributed by atoms with van der Waals surface area (Å²) in [6.07, 6.45) is 3.74. The molecule has 0 spiro atoms. The van der Waals surface area contributed by atoms with E-state index in [2.05, 4.69) is 43.3 Å². The smallest absolute Gasteiger partial charge is 0.368 e. The van der Waals surface area contributed by atoms with Crippen LogP contribution in [0.1, 0.15) is 21.5 Å². The molecule has 0 saturated carbocycles. The van der Waals surface area contributed by atoms with Gasteiger partial charge in [-0.15, -0.1) is 0 Å². The standard InChI is InChI=1S/C27H26F3N7O/c1-18-3-4-19(26(38)34-25-13-22(5-6-32-25)27(28,29)30)12-24(18)37-17-21(15-33-37)20-11-23(16-31-14-20)36-9-7-35(2)8-10-36/h3-6,11-17H,7-10H2,1-2H3,(H,32,34,38). The van der Waals surface area contributed by atoms with Crippen molar-refractivity contribution in [1.82, 2.24) is 24.6 Å². The Morgan fingerprint density at radius 2 is 1.76 bits per heavy atom. The zero-order valence-electron chi connectivity index (χ0n) is 20.9. The number of amides is 1. The lowest BCUT2D eigenvalue weighted by atomic mass is 10.1. The fourth-order valence-corrected chi connectivity index (χ4v) is 4.29. The summed E-state index contributed by atoms with van der Waals surface area (Å²) in [5.41, 5.74) is 3.78. The van der Waals surface area contributed by atoms with E-state index < -0.39 is 17.6 Å². The molecule has 5 rings (SSSR count). The van der Waals surface area contributed by atoms with Crippen LogP contribution in [-0.2, 0) is 6.18 Å². The number of anilines is 2. The van der Waals surface area contributed by atoms with E-state index in [9.17, 15) is 18.0 Å². The van der Waals surface area contributed by atoms with Crippen LogP contribution in [0.5, 0.6) is 0 Å². The van der Waals surface area contributed by atoms with Gasteiger partial charge in [0.2, 0.25) is 0 Å². The maximum atomic E-state index is 13.0. The Kier molecular flexibility index (Phi) is 6.85. The Balaban J connectivity index is 1.36. The number of carbonyl (C=O) groups excluding carboxylic acids is 1. The Morgan fingerprint density at radius 3 is 2.53 bits per heavy atom. The Morgan fingerprint density at radius 1 is 0.974 bits per heavy atom. The van der Waals surface area contributed by atoms with E-state index in [1.165, 1.54) is 0 Å². The highest BCUT2D eigenvalue weighted by molar-refractivity contribution is 6.04. The summed E-state index contributed by atoms with van der Waals surface area (Å²) in [6, 6.07) is 8.77. The molecular weight excluding hydrogens is 495 g/mol. The van der Waals surface area contributed by atoms with Gasteiger partial charge in [-0.25, -0.2) is 9.67 Å². The first-order valence-electron chi connectivity index (χ1n) is 12.1. The van der Waals surface area contributed by atoms with Gasteiger partial charge in [0.15, 0.2) is 0 Å². The minimum Gasteiger partial charge on any atom is -0.368 e. The Hall–Kier alpha value is -4.25. The molecule has 0 unspecified atom stereocenters. The Labute approximate surface area is 217 Å². The minimum absolute atomic E-state index is 0.180. The molecule has 38 heavy (non-hydrogen) atoms. The van der Waals surface area contributed by atoms with E-state index in [-0.39, 0.29) is 11.4 Å². The van der Waals surface area contributed by atoms with Crippen molar-refractivity contribution >= 4 is 17.4 Å². The summed E-state index contributed by atoms with van der Waals surface area (Å²) >= 11 is 0. The molecule has 4 heterocycles. The molecule has 1 aliphatic heterocycles. The van der Waals surface area contributed by atoms with Crippen molar-refractivity contribution < 1.29 is 18.0 Å². The molecule has 8 nitrogen and oxygen atoms in total. The number of nitrogens with one attached hydrogen (secondary N) is 1. The quantitative estimate of drug-likeness (QED) is 0.412. The molecule has 1 aromatic carbocycles. The van der Waals surface area contributed by atoms with Gasteiger partial charge in [-0.3, -0.25) is 9.78 Å². The molecule has 4 aromatic rings. The third-order valence-electron chi connectivity index (χ3n) is 6.56. The zero-order chi connectivity index (χ0) is 26.9. The van der Waals surface area contributed by atoms with Crippen LogP contribution in [0.25, 0.3) is 16.8 Å². The van der Waals surface area contributed by atoms with Crippen molar-refractivity contribution in [1.29, 1.82) is 0 Å². The molecule has 0 bridgehead atoms. The maximum Gasteiger partial charge on any atom is 0.416 e. The van der Waals surface area contributed by atoms with Crippen molar-refractivity contribution in [2.75, 3.05) is 43.4 Å². The number of hydrogen-bond donors (Lipinski definition) is 1. The third kappa shape index (κ3) is 5.52. The van der Waals surface area contributed by atoms with Gasteiger partial charge in [0.1, 0.15) is 5.82 Å². The minimum atomic E-state index is -4.53. The number of nitrogens with zero attached hydrogens (tertiary/aromatic N) is 6. The van der Waals surface area contributed by atoms with Crippen LogP contribution < -0.4 is 10.2 Å². The highest BCUT2D eigenvalue weighted by Gasteiger charge is 2.31. The molecule has 1 N–H and O–H groups in total. The molecule has 196 valence electrons. The topological polar surface area (TPSA) is 79.2 Å². The van der Waals surface area contributed by atoms with Crippen molar-refractivity contribution in [2.45, 2.75) is 13.1 Å². The average molecular weight is 522 g/mol. The highest BCUT2D eigenvalue weighted by atomic mass is 19.4. The second kappa shape index (κ2) is 10.3. The fourth-order valence-electron chi connectivity index (χ4n) is 4.29. The van der Waals surface area contributed by atoms with Crippen LogP contribution in [0.15, 0.2) is 67.4 Å². The van der Waals surface area contributed by atoms with Crippen LogP contribution in [0.3, 0.4) is 0 Å². The molecule has 1 fully saturated rings. The lowest BCUT2D eigenvalue weighted by molar-refractivity contribution is -0.137. The predicted molar refractivity (Wildman–Crippen MR) is 138 cm³/mol. The van der Waals surface area contributed by atoms with E-state index in [0.717, 1.165) is 66.9 Å². The average Bonchev–Trinajstić information content (AvgIpc) is 3.39. The van der Waals surface area contributed by atoms with Gasteiger partial charge in [0.25, 0.3) is 5.91 Å². The molecule has 1 saturated heterocycles. The van der Waals surface area contributed by atoms with Gasteiger partial charge in [-0.1, -0.05) is 6.07 Å². The summed E-state index contributed by atoms with van der Waals surface area (Å²) in [5, 5.41) is 6.94. The second-order valence-corrected chi connectivity index (χ2v) is 9.28. The summed E-state index contributed by atoms with van der Waals surface area (Å²) < 4.78 is 40.7. The molecule has 0 radical (unpaired) electrons. The summed E-state index contributed by atoms with van der Waals surface area (Å²) in [7, 11) is 2.11. The number of benzene rings is 1. The van der Waals surface area contributed by atoms with E-state index >= 15 is 0 Å². The largest absolute Gasteiger partial charge is 0.416 e. The number of aromatic nitrogens is 4. The molecule has 1 aliphatic rings. The first-order valence-corrected chi connectivity index (χ1v) is 12.1. The van der Waals surface area contributed by atoms with Crippen LogP contribution in [-0.4, -0.2) is 63.8 Å². The Bertz CT molecular complexity index is 1460. The summed E-state index contributed by atoms with van der Waals surface area (Å²) in [5.74, 6) is -0.754. The number of pyridine rings is 2. The SMILES string of the molecule is Cc1ccc(C(=O)Nc2cc(C(F)(F)F)ccn2)cc1-n1cc(-c2cncc(N3CCN(C)CC3)c2)cn1. The van der Waals surface area contributed by atoms with E-state index in [1.807, 2.05) is 19.3 Å². The van der Waals surface area contributed by atoms with Gasteiger partial charge >= 0.3 is 6.18 Å². The van der Waals surface area contributed by atoms with E-state index in [4.69, 9.17) is 0 Å². The first-order chi connectivity index (χ1) is 18.2. The van der Waals surface area contributed by atoms with Crippen molar-refractivity contribution in [3.8, 4) is 16.8 Å². The number of alkyl halides is 3. The molecule has 3 aromatic heterocycles. The van der Waals surface area contributed by atoms with Crippen LogP contribution in [0, 0.1) is 6.92 Å². The van der Waals surface area contributed by atoms with Crippen LogP contribution in [0.4, 0.5) is 24.7 Å².